The molecule has 3 atom stereocenters. The number of hydrogen-bond acceptors (Lipinski definition) is 9. The molecule has 0 aliphatic heterocycles. The molecule has 4 rings (SSSR count). The van der Waals surface area contributed by atoms with Crippen molar-refractivity contribution in [3.63, 3.8) is 0 Å². The van der Waals surface area contributed by atoms with E-state index in [0.29, 0.717) is 25.2 Å². The fraction of sp³-hybridized carbons (Fsp3) is 0.333. The average molecular weight is 551 g/mol. The van der Waals surface area contributed by atoms with E-state index in [2.05, 4.69) is 40.5 Å². The van der Waals surface area contributed by atoms with E-state index in [1.54, 1.807) is 16.9 Å². The summed E-state index contributed by atoms with van der Waals surface area (Å²) in [6.45, 7) is 0.286. The van der Waals surface area contributed by atoms with Gasteiger partial charge in [0.15, 0.2) is 0 Å². The van der Waals surface area contributed by atoms with Crippen molar-refractivity contribution in [3.8, 4) is 0 Å². The van der Waals surface area contributed by atoms with Crippen LogP contribution in [0.4, 0.5) is 5.82 Å². The molecule has 1 aromatic carbocycles. The number of aliphatic hydroxyl groups excluding tert-OH is 1. The van der Waals surface area contributed by atoms with Crippen LogP contribution >= 0.6 is 15.9 Å². The molecule has 0 radical (unpaired) electrons. The Kier molecular flexibility index (Phi) is 7.38. The highest BCUT2D eigenvalue weighted by molar-refractivity contribution is 9.10. The third-order valence-electron chi connectivity index (χ3n) is 5.51. The predicted molar refractivity (Wildman–Crippen MR) is 126 cm³/mol. The van der Waals surface area contributed by atoms with Crippen LogP contribution in [0.2, 0.25) is 0 Å². The molecular formula is C21H23BrN6O5S. The number of aliphatic hydroxyl groups is 1. The van der Waals surface area contributed by atoms with Gasteiger partial charge in [-0.25, -0.2) is 15.1 Å². The molecule has 3 aromatic rings. The molecule has 1 saturated carbocycles. The van der Waals surface area contributed by atoms with Crippen LogP contribution in [-0.4, -0.2) is 57.8 Å². The molecule has 4 N–H and O–H groups in total. The topological polar surface area (TPSA) is 162 Å². The maximum Gasteiger partial charge on any atom is 0.333 e. The van der Waals surface area contributed by atoms with Crippen molar-refractivity contribution >= 4 is 37.8 Å². The zero-order chi connectivity index (χ0) is 24.3. The Labute approximate surface area is 204 Å². The van der Waals surface area contributed by atoms with Crippen LogP contribution in [0.3, 0.4) is 0 Å². The maximum atomic E-state index is 13.1. The van der Waals surface area contributed by atoms with Crippen molar-refractivity contribution in [2.24, 2.45) is 11.1 Å². The number of carbonyl (C=O) groups excluding carboxylic acids is 1. The third kappa shape index (κ3) is 6.24. The fourth-order valence-electron chi connectivity index (χ4n) is 3.92. The summed E-state index contributed by atoms with van der Waals surface area (Å²) in [6, 6.07) is 9.20. The van der Waals surface area contributed by atoms with Crippen molar-refractivity contribution < 1.29 is 22.5 Å². The van der Waals surface area contributed by atoms with Crippen LogP contribution in [0.15, 0.2) is 53.5 Å². The van der Waals surface area contributed by atoms with Crippen molar-refractivity contribution in [2.75, 3.05) is 11.9 Å². The summed E-state index contributed by atoms with van der Waals surface area (Å²) < 4.78 is 29.3. The molecule has 1 aliphatic rings. The smallest absolute Gasteiger partial charge is 0.333 e. The highest BCUT2D eigenvalue weighted by atomic mass is 79.9. The molecule has 1 aliphatic carbocycles. The summed E-state index contributed by atoms with van der Waals surface area (Å²) in [4.78, 5) is 21.3. The van der Waals surface area contributed by atoms with Gasteiger partial charge in [-0.2, -0.15) is 13.5 Å². The summed E-state index contributed by atoms with van der Waals surface area (Å²) in [5.41, 5.74) is 1.52. The van der Waals surface area contributed by atoms with Crippen LogP contribution in [0.1, 0.15) is 34.5 Å². The van der Waals surface area contributed by atoms with Gasteiger partial charge < -0.3 is 10.4 Å². The number of nitrogens with two attached hydrogens (primary N) is 1. The van der Waals surface area contributed by atoms with Gasteiger partial charge in [0.25, 0.3) is 0 Å². The Morgan fingerprint density at radius 1 is 1.32 bits per heavy atom. The Hall–Kier alpha value is -2.71. The van der Waals surface area contributed by atoms with Gasteiger partial charge in [-0.3, -0.25) is 13.7 Å². The molecule has 3 unspecified atom stereocenters. The second kappa shape index (κ2) is 10.3. The summed E-state index contributed by atoms with van der Waals surface area (Å²) >= 11 is 3.44. The first kappa shape index (κ1) is 24.4. The summed E-state index contributed by atoms with van der Waals surface area (Å²) in [6.07, 6.45) is 4.42. The maximum absolute atomic E-state index is 13.1. The Bertz CT molecular complexity index is 1280. The first-order valence-electron chi connectivity index (χ1n) is 10.4. The first-order valence-corrected chi connectivity index (χ1v) is 12.7. The van der Waals surface area contributed by atoms with Crippen molar-refractivity contribution in [2.45, 2.75) is 31.5 Å². The summed E-state index contributed by atoms with van der Waals surface area (Å²) in [5.74, 6) is -0.457. The number of hydrogen-bond donors (Lipinski definition) is 3. The van der Waals surface area contributed by atoms with Crippen LogP contribution in [0.5, 0.6) is 0 Å². The number of ketones is 1. The largest absolute Gasteiger partial charge is 0.393 e. The molecule has 11 nitrogen and oxygen atoms in total. The lowest BCUT2D eigenvalue weighted by Crippen LogP contribution is -2.24. The molecule has 0 saturated heterocycles. The average Bonchev–Trinajstić information content (AvgIpc) is 3.38. The molecule has 2 heterocycles. The Morgan fingerprint density at radius 3 is 2.91 bits per heavy atom. The predicted octanol–water partition coefficient (Wildman–Crippen LogP) is 1.49. The Balaban J connectivity index is 1.44. The minimum Gasteiger partial charge on any atom is -0.393 e. The molecule has 0 bridgehead atoms. The zero-order valence-corrected chi connectivity index (χ0v) is 20.3. The van der Waals surface area contributed by atoms with E-state index in [-0.39, 0.29) is 29.7 Å². The van der Waals surface area contributed by atoms with E-state index in [0.717, 1.165) is 10.0 Å². The minimum atomic E-state index is -4.09. The number of nitrogens with zero attached hydrogens (tertiary/aromatic N) is 4. The third-order valence-corrected chi connectivity index (χ3v) is 6.47. The van der Waals surface area contributed by atoms with Gasteiger partial charge in [-0.1, -0.05) is 28.1 Å². The molecule has 1 fully saturated rings. The zero-order valence-electron chi connectivity index (χ0n) is 17.9. The van der Waals surface area contributed by atoms with Gasteiger partial charge in [0.1, 0.15) is 17.8 Å². The molecule has 0 spiro atoms. The molecule has 34 heavy (non-hydrogen) atoms. The second-order valence-electron chi connectivity index (χ2n) is 8.06. The van der Waals surface area contributed by atoms with Gasteiger partial charge in [0, 0.05) is 28.8 Å². The van der Waals surface area contributed by atoms with Crippen LogP contribution in [0, 0.1) is 5.92 Å². The quantitative estimate of drug-likeness (QED) is 0.335. The van der Waals surface area contributed by atoms with Gasteiger partial charge in [-0.05, 0) is 36.6 Å². The van der Waals surface area contributed by atoms with Gasteiger partial charge in [0.05, 0.1) is 24.8 Å². The van der Waals surface area contributed by atoms with Crippen molar-refractivity contribution in [1.29, 1.82) is 0 Å². The number of halogens is 1. The van der Waals surface area contributed by atoms with Crippen molar-refractivity contribution in [1.82, 2.24) is 19.7 Å². The summed E-state index contributed by atoms with van der Waals surface area (Å²) in [7, 11) is -4.09. The van der Waals surface area contributed by atoms with E-state index in [1.165, 1.54) is 12.5 Å². The normalized spacial score (nSPS) is 20.4. The van der Waals surface area contributed by atoms with Gasteiger partial charge in [-0.15, -0.1) is 0 Å². The fourth-order valence-corrected chi connectivity index (χ4v) is 4.73. The lowest BCUT2D eigenvalue weighted by atomic mass is 10.1. The highest BCUT2D eigenvalue weighted by Gasteiger charge is 2.34. The number of nitrogens with one attached hydrogen (secondary N) is 1. The van der Waals surface area contributed by atoms with E-state index in [4.69, 9.17) is 5.14 Å². The molecule has 0 amide bonds. The second-order valence-corrected chi connectivity index (χ2v) is 10.2. The Morgan fingerprint density at radius 2 is 2.15 bits per heavy atom. The van der Waals surface area contributed by atoms with Crippen molar-refractivity contribution in [3.05, 3.63) is 70.3 Å². The van der Waals surface area contributed by atoms with Gasteiger partial charge >= 0.3 is 10.3 Å². The van der Waals surface area contributed by atoms with E-state index in [1.807, 2.05) is 24.3 Å². The number of benzene rings is 1. The van der Waals surface area contributed by atoms with E-state index in [9.17, 15) is 18.3 Å². The van der Waals surface area contributed by atoms with Gasteiger partial charge in [0.2, 0.25) is 5.78 Å². The molecule has 2 aromatic heterocycles. The number of aromatic nitrogens is 4. The number of anilines is 1. The molecular weight excluding hydrogens is 528 g/mol. The molecule has 180 valence electrons. The van der Waals surface area contributed by atoms with E-state index < -0.39 is 22.3 Å². The van der Waals surface area contributed by atoms with Crippen LogP contribution < -0.4 is 10.5 Å². The SMILES string of the molecule is NS(=O)(=O)OCC1CC(Nc2ncncc2C(=O)c2ccn(Cc3cccc(Br)c3)n2)CC1O. The van der Waals surface area contributed by atoms with E-state index >= 15 is 0 Å². The minimum absolute atomic E-state index is 0.219. The monoisotopic (exact) mass is 550 g/mol. The summed E-state index contributed by atoms with van der Waals surface area (Å²) in [5, 5.41) is 22.7. The highest BCUT2D eigenvalue weighted by Crippen LogP contribution is 2.30. The lowest BCUT2D eigenvalue weighted by molar-refractivity contribution is 0.101. The standard InChI is InChI=1S/C21H23BrN6O5S/c22-15-3-1-2-13(6-15)10-28-5-4-18(27-28)20(30)17-9-24-12-25-21(17)26-16-7-14(19(29)8-16)11-33-34(23,31)32/h1-6,9,12,14,16,19,29H,7-8,10-11H2,(H2,23,31,32)(H,24,25,26). The lowest BCUT2D eigenvalue weighted by Gasteiger charge is -2.15. The van der Waals surface area contributed by atoms with Crippen LogP contribution in [0.25, 0.3) is 0 Å². The number of rotatable bonds is 9. The first-order chi connectivity index (χ1) is 16.2. The van der Waals surface area contributed by atoms with Crippen LogP contribution in [-0.2, 0) is 21.0 Å². The molecule has 13 heteroatoms. The number of carbonyl (C=O) groups is 1.